The lowest BCUT2D eigenvalue weighted by atomic mass is 9.89. The van der Waals surface area contributed by atoms with Crippen molar-refractivity contribution in [3.05, 3.63) is 237 Å². The Bertz CT molecular complexity index is 5610. The zero-order chi connectivity index (χ0) is 78.1. The van der Waals surface area contributed by atoms with Gasteiger partial charge in [-0.2, -0.15) is 0 Å². The highest BCUT2D eigenvalue weighted by Crippen LogP contribution is 2.39. The second-order valence-electron chi connectivity index (χ2n) is 33.2. The Morgan fingerprint density at radius 3 is 0.518 bits per heavy atom. The maximum absolute atomic E-state index is 3.67. The fourth-order valence-corrected chi connectivity index (χ4v) is 17.4. The maximum Gasteiger partial charge on any atom is 0.129 e. The first-order valence-electron chi connectivity index (χ1n) is 42.8. The molecule has 562 valence electrons. The molecular weight excluding hydrogens is 1380 g/mol. The van der Waals surface area contributed by atoms with Crippen LogP contribution in [0.5, 0.6) is 0 Å². The Balaban J connectivity index is 0.902. The number of rotatable bonds is 28. The van der Waals surface area contributed by atoms with Crippen LogP contribution >= 0.6 is 0 Å². The molecule has 0 amide bonds. The average molecular weight is 1490 g/mol. The molecular formula is C110H114Si2. The van der Waals surface area contributed by atoms with Crippen LogP contribution in [0.1, 0.15) is 249 Å². The van der Waals surface area contributed by atoms with Crippen LogP contribution in [0.3, 0.4) is 0 Å². The van der Waals surface area contributed by atoms with Gasteiger partial charge in [-0.1, -0.05) is 340 Å². The predicted octanol–water partition coefficient (Wildman–Crippen LogP) is 29.2. The van der Waals surface area contributed by atoms with Gasteiger partial charge in [0.05, 0.1) is 0 Å². The quantitative estimate of drug-likeness (QED) is 0.0198. The average Bonchev–Trinajstić information content (AvgIpc) is 0.773. The van der Waals surface area contributed by atoms with Crippen molar-refractivity contribution in [3.8, 4) is 94.0 Å². The number of fused-ring (bicyclic) bond motifs is 8. The summed E-state index contributed by atoms with van der Waals surface area (Å²) < 4.78 is 0. The van der Waals surface area contributed by atoms with Crippen molar-refractivity contribution >= 4 is 102 Å². The molecule has 0 radical (unpaired) electrons. The van der Waals surface area contributed by atoms with Crippen LogP contribution in [0.25, 0.3) is 86.2 Å². The van der Waals surface area contributed by atoms with E-state index >= 15 is 0 Å². The van der Waals surface area contributed by atoms with Crippen LogP contribution in [0.15, 0.2) is 170 Å². The Morgan fingerprint density at radius 1 is 0.188 bits per heavy atom. The molecule has 0 spiro atoms. The van der Waals surface area contributed by atoms with Crippen molar-refractivity contribution in [2.24, 2.45) is 0 Å². The summed E-state index contributed by atoms with van der Waals surface area (Å²) in [5.41, 5.74) is 21.0. The van der Waals surface area contributed by atoms with E-state index in [2.05, 4.69) is 331 Å². The second-order valence-corrected chi connectivity index (χ2v) is 42.7. The minimum absolute atomic E-state index is 0.963. The Morgan fingerprint density at radius 2 is 0.348 bits per heavy atom. The fraction of sp³-hybridized carbons (Fsp3) is 0.345. The molecule has 0 unspecified atom stereocenters. The number of benzene rings is 12. The van der Waals surface area contributed by atoms with Crippen molar-refractivity contribution in [2.75, 3.05) is 0 Å². The molecule has 0 bridgehead atoms. The van der Waals surface area contributed by atoms with E-state index < -0.39 is 16.1 Å². The van der Waals surface area contributed by atoms with Gasteiger partial charge < -0.3 is 0 Å². The minimum atomic E-state index is -1.62. The van der Waals surface area contributed by atoms with Gasteiger partial charge in [-0.05, 0) is 268 Å². The summed E-state index contributed by atoms with van der Waals surface area (Å²) in [5.74, 6) is 49.2. The number of hydrogen-bond donors (Lipinski definition) is 0. The van der Waals surface area contributed by atoms with E-state index in [0.717, 1.165) is 105 Å². The third-order valence-electron chi connectivity index (χ3n) is 22.2. The fourth-order valence-electron chi connectivity index (χ4n) is 16.4. The molecule has 0 aliphatic carbocycles. The van der Waals surface area contributed by atoms with E-state index in [9.17, 15) is 0 Å². The van der Waals surface area contributed by atoms with Crippen molar-refractivity contribution in [2.45, 2.75) is 247 Å². The van der Waals surface area contributed by atoms with E-state index in [4.69, 9.17) is 0 Å². The summed E-state index contributed by atoms with van der Waals surface area (Å²) in [4.78, 5) is 0. The Hall–Kier alpha value is -10.4. The van der Waals surface area contributed by atoms with E-state index in [1.807, 2.05) is 0 Å². The lowest BCUT2D eigenvalue weighted by molar-refractivity contribution is 0.609. The molecule has 12 aromatic carbocycles. The van der Waals surface area contributed by atoms with Gasteiger partial charge in [-0.3, -0.25) is 0 Å². The topological polar surface area (TPSA) is 0 Å². The normalized spacial score (nSPS) is 11.2. The molecule has 2 heteroatoms. The molecule has 0 saturated heterocycles. The molecule has 0 nitrogen and oxygen atoms in total. The predicted molar refractivity (Wildman–Crippen MR) is 496 cm³/mol. The molecule has 0 N–H and O–H groups in total. The van der Waals surface area contributed by atoms with E-state index in [0.29, 0.717) is 0 Å². The molecule has 112 heavy (non-hydrogen) atoms. The van der Waals surface area contributed by atoms with Gasteiger partial charge in [-0.15, -0.1) is 11.1 Å². The Kier molecular flexibility index (Phi) is 29.1. The standard InChI is InChI=1S/C110H114Si2/c1-11-15-19-23-27-31-63-91-95-67-41-55-83(103(95)79-105-85(57-43-69-97(91)105)51-37-39-53-87-59-45-71-99-93(65-33-29-25-21-17-13-3)101-73-47-61-89(75-77-111(5,6)7)109(101)81-107(87)99)49-35-36-50-84-56-42-68-96-92(64-32-28-24-20-16-12-2)98-70-44-58-86(106(98)80-104(84)96)52-38-40-54-88-60-46-72-100-94(66-34-30-26-22-18-14-4)102-74-48-62-90(76-78-112(8,9)10)110(102)82-108(88)100/h41-48,55-62,67-74,79-82H,11-34,63-66H2,1-10H3. The van der Waals surface area contributed by atoms with Crippen LogP contribution in [-0.2, 0) is 25.7 Å². The third-order valence-corrected chi connectivity index (χ3v) is 24.0. The van der Waals surface area contributed by atoms with Crippen LogP contribution in [0, 0.1) is 94.0 Å². The lowest BCUT2D eigenvalue weighted by Crippen LogP contribution is -2.16. The van der Waals surface area contributed by atoms with Gasteiger partial charge in [0.25, 0.3) is 0 Å². The molecule has 0 aliphatic rings. The van der Waals surface area contributed by atoms with Gasteiger partial charge in [0.1, 0.15) is 16.1 Å². The maximum atomic E-state index is 3.67. The van der Waals surface area contributed by atoms with E-state index in [-0.39, 0.29) is 0 Å². The summed E-state index contributed by atoms with van der Waals surface area (Å²) in [5, 5.41) is 19.5. The Labute approximate surface area is 675 Å². The number of aryl methyl sites for hydroxylation is 4. The first kappa shape index (κ1) is 81.1. The number of unbranched alkanes of at least 4 members (excludes halogenated alkanes) is 20. The highest BCUT2D eigenvalue weighted by Gasteiger charge is 2.19. The minimum Gasteiger partial charge on any atom is -0.127 e. The van der Waals surface area contributed by atoms with Gasteiger partial charge in [-0.25, -0.2) is 0 Å². The molecule has 0 heterocycles. The summed E-state index contributed by atoms with van der Waals surface area (Å²) in [6.07, 6.45) is 33.9. The van der Waals surface area contributed by atoms with Crippen molar-refractivity contribution < 1.29 is 0 Å². The summed E-state index contributed by atoms with van der Waals surface area (Å²) in [6.45, 7) is 23.1. The van der Waals surface area contributed by atoms with Crippen LogP contribution in [0.4, 0.5) is 0 Å². The monoisotopic (exact) mass is 1490 g/mol. The van der Waals surface area contributed by atoms with Crippen molar-refractivity contribution in [1.29, 1.82) is 0 Å². The van der Waals surface area contributed by atoms with Crippen molar-refractivity contribution in [1.82, 2.24) is 0 Å². The van der Waals surface area contributed by atoms with Gasteiger partial charge in [0.15, 0.2) is 0 Å². The van der Waals surface area contributed by atoms with Gasteiger partial charge in [0.2, 0.25) is 0 Å². The third kappa shape index (κ3) is 21.0. The molecule has 0 aliphatic heterocycles. The van der Waals surface area contributed by atoms with E-state index in [1.54, 1.807) is 0 Å². The van der Waals surface area contributed by atoms with Crippen molar-refractivity contribution in [3.63, 3.8) is 0 Å². The molecule has 0 fully saturated rings. The SMILES string of the molecule is CCCCCCCCc1c2cccc(C#CC#Cc3cccc4c(CCCCCCCC)c5cccc(C#CC#Cc6cccc7c(CCCCCCCC)c8cccc(C#C[Si](C)(C)C)c8cc67)c5cc34)c2cc2c(C#CC#Cc3cccc4c(CCCCCCCC)c5cccc(C#C[Si](C)(C)C)c5cc34)cccc12. The summed E-state index contributed by atoms with van der Waals surface area (Å²) in [7, 11) is -3.24. The molecule has 0 atom stereocenters. The molecule has 0 saturated carbocycles. The summed E-state index contributed by atoms with van der Waals surface area (Å²) in [6, 6.07) is 62.7. The lowest BCUT2D eigenvalue weighted by Gasteiger charge is -2.14. The molecule has 0 aromatic heterocycles. The second kappa shape index (κ2) is 40.2. The number of hydrogen-bond acceptors (Lipinski definition) is 0. The first-order valence-corrected chi connectivity index (χ1v) is 49.8. The largest absolute Gasteiger partial charge is 0.129 e. The van der Waals surface area contributed by atoms with Gasteiger partial charge in [0, 0.05) is 44.5 Å². The van der Waals surface area contributed by atoms with E-state index in [1.165, 1.54) is 228 Å². The zero-order valence-corrected chi connectivity index (χ0v) is 71.0. The highest BCUT2D eigenvalue weighted by molar-refractivity contribution is 6.84. The summed E-state index contributed by atoms with van der Waals surface area (Å²) >= 11 is 0. The first-order chi connectivity index (χ1) is 54.7. The van der Waals surface area contributed by atoms with Crippen LogP contribution in [0.2, 0.25) is 39.3 Å². The molecule has 12 aromatic rings. The smallest absolute Gasteiger partial charge is 0.127 e. The zero-order valence-electron chi connectivity index (χ0n) is 69.0. The van der Waals surface area contributed by atoms with Crippen LogP contribution in [-0.4, -0.2) is 16.1 Å². The molecule has 12 rings (SSSR count). The van der Waals surface area contributed by atoms with Crippen LogP contribution < -0.4 is 0 Å². The van der Waals surface area contributed by atoms with Gasteiger partial charge >= 0.3 is 0 Å². The highest BCUT2D eigenvalue weighted by atomic mass is 28.3.